The number of ether oxygens (including phenoxy) is 1. The molecule has 1 unspecified atom stereocenters. The fourth-order valence-electron chi connectivity index (χ4n) is 8.56. The Labute approximate surface area is 329 Å². The summed E-state index contributed by atoms with van der Waals surface area (Å²) < 4.78 is 77.0. The van der Waals surface area contributed by atoms with Gasteiger partial charge >= 0.3 is 6.18 Å². The molecule has 0 radical (unpaired) electrons. The number of carbonyl (C=O) groups excluding carboxylic acids is 4. The molecule has 1 atom stereocenters. The molecule has 8 rings (SSSR count). The van der Waals surface area contributed by atoms with Crippen LogP contribution in [0.3, 0.4) is 0 Å². The number of pyridine rings is 1. The summed E-state index contributed by atoms with van der Waals surface area (Å²) in [5.74, 6) is -4.69. The highest BCUT2D eigenvalue weighted by molar-refractivity contribution is 6.05. The first kappa shape index (κ1) is 39.2. The van der Waals surface area contributed by atoms with E-state index in [1.807, 2.05) is 15.8 Å². The lowest BCUT2D eigenvalue weighted by atomic mass is 9.89. The minimum Gasteiger partial charge on any atom is -0.494 e. The number of imide groups is 1. The highest BCUT2D eigenvalue weighted by atomic mass is 19.4. The number of anilines is 2. The highest BCUT2D eigenvalue weighted by Gasteiger charge is 2.40. The molecule has 4 amide bonds. The van der Waals surface area contributed by atoms with Crippen molar-refractivity contribution in [1.29, 1.82) is 0 Å². The first-order valence-corrected chi connectivity index (χ1v) is 19.3. The second-order valence-electron chi connectivity index (χ2n) is 15.3. The van der Waals surface area contributed by atoms with Crippen LogP contribution in [0.4, 0.5) is 33.3 Å². The van der Waals surface area contributed by atoms with Crippen molar-refractivity contribution >= 4 is 45.9 Å². The molecule has 2 aromatic heterocycles. The third kappa shape index (κ3) is 7.80. The zero-order chi connectivity index (χ0) is 40.9. The number of amides is 4. The zero-order valence-electron chi connectivity index (χ0n) is 31.5. The van der Waals surface area contributed by atoms with Gasteiger partial charge in [0.25, 0.3) is 5.91 Å². The Bertz CT molecular complexity index is 2240. The molecule has 58 heavy (non-hydrogen) atoms. The molecule has 13 nitrogen and oxygen atoms in total. The zero-order valence-corrected chi connectivity index (χ0v) is 31.5. The van der Waals surface area contributed by atoms with Crippen molar-refractivity contribution in [3.63, 3.8) is 0 Å². The molecule has 18 heteroatoms. The number of rotatable bonds is 8. The van der Waals surface area contributed by atoms with Gasteiger partial charge in [0.15, 0.2) is 0 Å². The van der Waals surface area contributed by atoms with Crippen molar-refractivity contribution in [3.8, 4) is 5.75 Å². The normalized spacial score (nSPS) is 20.3. The molecular formula is C40H41F5N8O5. The lowest BCUT2D eigenvalue weighted by molar-refractivity contribution is -0.141. The third-order valence-electron chi connectivity index (χ3n) is 11.8. The molecular weight excluding hydrogens is 767 g/mol. The number of alkyl halides is 3. The van der Waals surface area contributed by atoms with E-state index in [-0.39, 0.29) is 47.7 Å². The van der Waals surface area contributed by atoms with Crippen LogP contribution < -0.4 is 20.3 Å². The lowest BCUT2D eigenvalue weighted by Crippen LogP contribution is -2.57. The Kier molecular flexibility index (Phi) is 10.5. The number of nitrogens with zero attached hydrogens (tertiary/aromatic N) is 6. The predicted molar refractivity (Wildman–Crippen MR) is 200 cm³/mol. The number of benzene rings is 2. The van der Waals surface area contributed by atoms with Crippen molar-refractivity contribution in [2.24, 2.45) is 5.92 Å². The van der Waals surface area contributed by atoms with Crippen LogP contribution in [-0.4, -0.2) is 101 Å². The molecule has 4 fully saturated rings. The van der Waals surface area contributed by atoms with Crippen LogP contribution in [0.2, 0.25) is 0 Å². The fraction of sp³-hybridized carbons (Fsp3) is 0.450. The second-order valence-corrected chi connectivity index (χ2v) is 15.3. The molecule has 0 bridgehead atoms. The predicted octanol–water partition coefficient (Wildman–Crippen LogP) is 5.27. The van der Waals surface area contributed by atoms with Gasteiger partial charge in [0.05, 0.1) is 36.2 Å². The molecule has 0 saturated carbocycles. The number of hydrogen-bond donors (Lipinski definition) is 2. The first-order valence-electron chi connectivity index (χ1n) is 19.3. The van der Waals surface area contributed by atoms with Gasteiger partial charge in [-0.15, -0.1) is 0 Å². The summed E-state index contributed by atoms with van der Waals surface area (Å²) in [4.78, 5) is 59.5. The Morgan fingerprint density at radius 1 is 0.914 bits per heavy atom. The Morgan fingerprint density at radius 2 is 1.60 bits per heavy atom. The van der Waals surface area contributed by atoms with E-state index in [9.17, 15) is 32.3 Å². The van der Waals surface area contributed by atoms with E-state index in [4.69, 9.17) is 9.84 Å². The maximum absolute atomic E-state index is 15.1. The number of nitrogens with one attached hydrogen (secondary N) is 2. The standard InChI is InChI=1S/C40H41F5N8O5/c1-58-33-18-31-22(15-32(33)47-38(56)30-3-2-4-34(46-30)40(43,44)45)21-53(49-31)25-9-11-50(12-10-25)24-7-13-51(14-8-24)39(57)23-19-52(20-23)26-16-28(41)36(29(42)17-26)27-5-6-35(54)48-37(27)55/h2-4,15-18,21,23-25,27H,5-14,19-20H2,1H3,(H,47,56)(H,48,54,55). The van der Waals surface area contributed by atoms with Gasteiger partial charge in [0, 0.05) is 80.6 Å². The van der Waals surface area contributed by atoms with Crippen molar-refractivity contribution in [1.82, 2.24) is 29.9 Å². The molecule has 6 heterocycles. The summed E-state index contributed by atoms with van der Waals surface area (Å²) >= 11 is 0. The van der Waals surface area contributed by atoms with E-state index in [0.717, 1.165) is 56.3 Å². The van der Waals surface area contributed by atoms with Crippen LogP contribution in [0.5, 0.6) is 5.75 Å². The van der Waals surface area contributed by atoms with Gasteiger partial charge < -0.3 is 24.8 Å². The quantitative estimate of drug-likeness (QED) is 0.180. The molecule has 4 saturated heterocycles. The minimum atomic E-state index is -4.69. The van der Waals surface area contributed by atoms with E-state index < -0.39 is 47.1 Å². The van der Waals surface area contributed by atoms with Crippen LogP contribution in [-0.2, 0) is 20.6 Å². The number of fused-ring (bicyclic) bond motifs is 1. The Hall–Kier alpha value is -5.65. The summed E-state index contributed by atoms with van der Waals surface area (Å²) in [6, 6.07) is 9.32. The van der Waals surface area contributed by atoms with Crippen LogP contribution in [0.15, 0.2) is 48.7 Å². The Balaban J connectivity index is 0.815. The molecule has 2 aromatic carbocycles. The number of hydrogen-bond acceptors (Lipinski definition) is 9. The minimum absolute atomic E-state index is 0.0118. The van der Waals surface area contributed by atoms with E-state index in [1.54, 1.807) is 17.0 Å². The van der Waals surface area contributed by atoms with E-state index in [1.165, 1.54) is 25.3 Å². The van der Waals surface area contributed by atoms with Gasteiger partial charge in [0.1, 0.15) is 28.8 Å². The van der Waals surface area contributed by atoms with E-state index in [2.05, 4.69) is 20.5 Å². The monoisotopic (exact) mass is 808 g/mol. The maximum atomic E-state index is 15.1. The number of halogens is 5. The van der Waals surface area contributed by atoms with Gasteiger partial charge in [-0.05, 0) is 62.4 Å². The number of methoxy groups -OCH3 is 1. The molecule has 2 N–H and O–H groups in total. The van der Waals surface area contributed by atoms with Crippen molar-refractivity contribution in [3.05, 3.63) is 77.2 Å². The topological polar surface area (TPSA) is 142 Å². The molecule has 4 aliphatic rings. The molecule has 0 spiro atoms. The number of piperidine rings is 3. The van der Waals surface area contributed by atoms with Crippen LogP contribution >= 0.6 is 0 Å². The average molecular weight is 809 g/mol. The molecule has 4 aliphatic heterocycles. The smallest absolute Gasteiger partial charge is 0.433 e. The Morgan fingerprint density at radius 3 is 2.26 bits per heavy atom. The van der Waals surface area contributed by atoms with Gasteiger partial charge in [-0.3, -0.25) is 29.2 Å². The largest absolute Gasteiger partial charge is 0.494 e. The van der Waals surface area contributed by atoms with Gasteiger partial charge in [-0.25, -0.2) is 13.8 Å². The SMILES string of the molecule is COc1cc2nn(C3CCN(C4CCN(C(=O)C5CN(c6cc(F)c(C7CCC(=O)NC7=O)c(F)c6)C5)CC4)CC3)cc2cc1NC(=O)c1cccc(C(F)(F)F)n1. The summed E-state index contributed by atoms with van der Waals surface area (Å²) in [6.07, 6.45) is 0.625. The third-order valence-corrected chi connectivity index (χ3v) is 11.8. The first-order chi connectivity index (χ1) is 27.7. The fourth-order valence-corrected chi connectivity index (χ4v) is 8.56. The van der Waals surface area contributed by atoms with Crippen LogP contribution in [0.25, 0.3) is 10.9 Å². The molecule has 4 aromatic rings. The number of aromatic nitrogens is 3. The second kappa shape index (κ2) is 15.6. The van der Waals surface area contributed by atoms with Crippen molar-refractivity contribution in [2.45, 2.75) is 62.7 Å². The summed E-state index contributed by atoms with van der Waals surface area (Å²) in [5.41, 5.74) is -0.661. The molecule has 306 valence electrons. The summed E-state index contributed by atoms with van der Waals surface area (Å²) in [7, 11) is 1.43. The summed E-state index contributed by atoms with van der Waals surface area (Å²) in [6.45, 7) is 3.62. The van der Waals surface area contributed by atoms with E-state index >= 15 is 8.78 Å². The number of carbonyl (C=O) groups is 4. The van der Waals surface area contributed by atoms with Crippen molar-refractivity contribution in [2.75, 3.05) is 56.6 Å². The summed E-state index contributed by atoms with van der Waals surface area (Å²) in [5, 5.41) is 10.3. The molecule has 0 aliphatic carbocycles. The van der Waals surface area contributed by atoms with Gasteiger partial charge in [-0.2, -0.15) is 18.3 Å². The maximum Gasteiger partial charge on any atom is 0.433 e. The van der Waals surface area contributed by atoms with Gasteiger partial charge in [-0.1, -0.05) is 6.07 Å². The van der Waals surface area contributed by atoms with Crippen LogP contribution in [0, 0.1) is 17.6 Å². The average Bonchev–Trinajstić information content (AvgIpc) is 3.60. The highest BCUT2D eigenvalue weighted by Crippen LogP contribution is 2.36. The number of likely N-dealkylation sites (tertiary alicyclic amines) is 2. The van der Waals surface area contributed by atoms with Gasteiger partial charge in [0.2, 0.25) is 17.7 Å². The van der Waals surface area contributed by atoms with E-state index in [0.29, 0.717) is 49.2 Å². The lowest BCUT2D eigenvalue weighted by Gasteiger charge is -2.45. The van der Waals surface area contributed by atoms with Crippen LogP contribution in [0.1, 0.15) is 72.2 Å². The van der Waals surface area contributed by atoms with Crippen molar-refractivity contribution < 1.29 is 45.9 Å².